The van der Waals surface area contributed by atoms with Crippen LogP contribution in [-0.2, 0) is 105 Å². The molecule has 4 heterocycles. The minimum atomic E-state index is -0.790. The number of anilines is 4. The van der Waals surface area contributed by atoms with Crippen molar-refractivity contribution in [1.29, 1.82) is 0 Å². The van der Waals surface area contributed by atoms with E-state index in [0.717, 1.165) is 52.9 Å². The molecular formula is C59H64N5O9WY-. The van der Waals surface area contributed by atoms with Gasteiger partial charge in [0.2, 0.25) is 11.8 Å². The largest absolute Gasteiger partial charge is 0.522 e. The van der Waals surface area contributed by atoms with Gasteiger partial charge in [-0.3, -0.25) is 28.8 Å². The molecule has 0 aliphatic carbocycles. The number of nitrogens with one attached hydrogen (secondary N) is 2. The van der Waals surface area contributed by atoms with Crippen LogP contribution in [0.15, 0.2) is 91.0 Å². The second-order valence-corrected chi connectivity index (χ2v) is 19.9. The molecule has 0 unspecified atom stereocenters. The summed E-state index contributed by atoms with van der Waals surface area (Å²) in [6.45, 7) is 9.26. The van der Waals surface area contributed by atoms with E-state index in [0.29, 0.717) is 77.4 Å². The number of hydrogen-bond donors (Lipinski definition) is 2. The van der Waals surface area contributed by atoms with Gasteiger partial charge < -0.3 is 39.5 Å². The molecule has 1 radical (unpaired) electrons. The summed E-state index contributed by atoms with van der Waals surface area (Å²) < 4.78 is 18.9. The van der Waals surface area contributed by atoms with Crippen molar-refractivity contribution in [2.24, 2.45) is 5.92 Å². The smallest absolute Gasteiger partial charge is 0.258 e. The van der Waals surface area contributed by atoms with E-state index in [1.54, 1.807) is 19.9 Å². The Bertz CT molecular complexity index is 3000. The molecule has 9 rings (SSSR count). The van der Waals surface area contributed by atoms with Gasteiger partial charge in [-0.05, 0) is 141 Å². The fraction of sp³-hybridized carbons (Fsp3) is 0.373. The van der Waals surface area contributed by atoms with E-state index in [9.17, 15) is 28.8 Å². The van der Waals surface area contributed by atoms with Crippen LogP contribution in [0, 0.1) is 19.4 Å². The van der Waals surface area contributed by atoms with E-state index in [2.05, 4.69) is 29.3 Å². The molecule has 5 aromatic rings. The fourth-order valence-electron chi connectivity index (χ4n) is 10.6. The van der Waals surface area contributed by atoms with Crippen LogP contribution >= 0.6 is 0 Å². The first-order valence-electron chi connectivity index (χ1n) is 25.5. The standard InChI is InChI=1S/C59H64N5O9.W.Y/c1-7-46(65)16-10-13-19-56(67)60-37(4)52(66)23-36(3)57(68)61-43-25-38(33-72-53-29-40-20-21-44-27-41-14-8-11-17-49(41)63(44)58(69)47(40)22-35(53)2)24-39(26-43)34-73-55-31-51-48(30-54(55)71-6)59(70)64-45(32-62(51)5)28-42-15-9-12-18-50(42)64;;/h8-9,11-12,14-15,17-18,22,24-26,29-32,36-37,44-45H,7,10,13,16,19-21,23,27-28,33-34H2,1-6H3,(H,60,67)(H,61,68);;/q-1;;/t36-,37+,44-,45+;;/m1../s1. The van der Waals surface area contributed by atoms with E-state index in [4.69, 9.17) is 14.2 Å². The fourth-order valence-corrected chi connectivity index (χ4v) is 10.6. The summed E-state index contributed by atoms with van der Waals surface area (Å²) in [5.41, 5.74) is 9.67. The van der Waals surface area contributed by atoms with Gasteiger partial charge in [-0.2, -0.15) is 0 Å². The normalized spacial score (nSPS) is 16.7. The number of aryl methyl sites for hydroxylation is 2. The maximum Gasteiger partial charge on any atom is 0.258 e. The van der Waals surface area contributed by atoms with Crippen LogP contribution in [0.2, 0.25) is 0 Å². The zero-order valence-corrected chi connectivity index (χ0v) is 49.3. The molecule has 75 heavy (non-hydrogen) atoms. The summed E-state index contributed by atoms with van der Waals surface area (Å²) in [5, 5.41) is 5.76. The molecular weight excluding hydrogens is 1200 g/mol. The number of likely N-dealkylation sites (N-methyl/N-ethyl adjacent to an activating group) is 1. The summed E-state index contributed by atoms with van der Waals surface area (Å²) in [6.07, 6.45) is 5.27. The van der Waals surface area contributed by atoms with E-state index in [1.807, 2.05) is 108 Å². The number of ether oxygens (including phenoxy) is 3. The molecule has 0 saturated heterocycles. The molecule has 389 valence electrons. The Labute approximate surface area is 479 Å². The third-order valence-corrected chi connectivity index (χ3v) is 14.6. The third-order valence-electron chi connectivity index (χ3n) is 14.6. The minimum Gasteiger partial charge on any atom is -0.522 e. The van der Waals surface area contributed by atoms with Crippen molar-refractivity contribution in [1.82, 2.24) is 5.32 Å². The summed E-state index contributed by atoms with van der Waals surface area (Å²) >= 11 is 0. The summed E-state index contributed by atoms with van der Waals surface area (Å²) in [4.78, 5) is 85.4. The Morgan fingerprint density at radius 1 is 0.747 bits per heavy atom. The SMILES string of the molecule is CCC(=O)CCCCC(=O)N[C@@H](C)C(=O)C[C@@H](C)C(=O)Nc1cc(COc2cc3c(cc2C)C(=O)N2c4ccccc4C[C@H]2CC3)cc(COc2cc3c(cc2OC)C(=O)N2c4ccccc4C[C@H]2[CH-]N3C)c1.[W].[Y]. The number of nitrogens with zero attached hydrogens (tertiary/aromatic N) is 3. The van der Waals surface area contributed by atoms with Gasteiger partial charge in [0, 0.05) is 126 Å². The topological polar surface area (TPSA) is 164 Å². The van der Waals surface area contributed by atoms with Gasteiger partial charge >= 0.3 is 0 Å². The molecule has 0 bridgehead atoms. The van der Waals surface area contributed by atoms with Crippen LogP contribution in [-0.4, -0.2) is 67.5 Å². The van der Waals surface area contributed by atoms with Crippen LogP contribution in [0.3, 0.4) is 0 Å². The number of Topliss-reactive ketones (excluding diaryl/α,β-unsaturated/α-hetero) is 2. The molecule has 4 aliphatic heterocycles. The first-order chi connectivity index (χ1) is 35.2. The number of ketones is 2. The number of fused-ring (bicyclic) bond motifs is 8. The molecule has 4 aliphatic rings. The van der Waals surface area contributed by atoms with Gasteiger partial charge in [-0.15, -0.1) is 0 Å². The number of rotatable bonds is 19. The Morgan fingerprint density at radius 3 is 2.08 bits per heavy atom. The Kier molecular flexibility index (Phi) is 19.0. The average Bonchev–Trinajstić information content (AvgIpc) is 3.88. The maximum atomic E-state index is 14.2. The predicted molar refractivity (Wildman–Crippen MR) is 281 cm³/mol. The number of hydrogen-bond acceptors (Lipinski definition) is 10. The average molecular weight is 1260 g/mol. The molecule has 5 aromatic carbocycles. The van der Waals surface area contributed by atoms with Crippen molar-refractivity contribution in [3.8, 4) is 17.2 Å². The molecule has 2 N–H and O–H groups in total. The molecule has 4 amide bonds. The molecule has 16 heteroatoms. The van der Waals surface area contributed by atoms with Gasteiger partial charge in [0.15, 0.2) is 17.3 Å². The third kappa shape index (κ3) is 12.6. The minimum absolute atomic E-state index is 0. The monoisotopic (exact) mass is 1260 g/mol. The zero-order valence-electron chi connectivity index (χ0n) is 43.5. The quantitative estimate of drug-likeness (QED) is 0.0602. The number of carbonyl (C=O) groups is 6. The number of benzene rings is 5. The molecule has 0 spiro atoms. The zero-order chi connectivity index (χ0) is 51.5. The van der Waals surface area contributed by atoms with E-state index in [-0.39, 0.29) is 127 Å². The van der Waals surface area contributed by atoms with Gasteiger partial charge in [0.05, 0.1) is 18.7 Å². The number of carbonyl (C=O) groups excluding carboxylic acids is 6. The van der Waals surface area contributed by atoms with Crippen LogP contribution in [0.5, 0.6) is 17.2 Å². The van der Waals surface area contributed by atoms with Gasteiger partial charge in [-0.25, -0.2) is 6.54 Å². The predicted octanol–water partition coefficient (Wildman–Crippen LogP) is 9.44. The van der Waals surface area contributed by atoms with Crippen molar-refractivity contribution < 1.29 is 96.8 Å². The molecule has 4 atom stereocenters. The van der Waals surface area contributed by atoms with E-state index >= 15 is 0 Å². The molecule has 0 aromatic heterocycles. The first kappa shape index (κ1) is 57.0. The molecule has 14 nitrogen and oxygen atoms in total. The number of amides is 4. The maximum absolute atomic E-state index is 14.2. The van der Waals surface area contributed by atoms with Crippen molar-refractivity contribution in [3.05, 3.63) is 142 Å². The number of para-hydroxylation sites is 2. The van der Waals surface area contributed by atoms with Gasteiger partial charge in [0.1, 0.15) is 24.7 Å². The van der Waals surface area contributed by atoms with Crippen LogP contribution in [0.1, 0.15) is 120 Å². The van der Waals surface area contributed by atoms with Crippen molar-refractivity contribution in [2.75, 3.05) is 34.2 Å². The van der Waals surface area contributed by atoms with Crippen LogP contribution < -0.4 is 39.5 Å². The molecule has 0 fully saturated rings. The number of methoxy groups -OCH3 is 1. The van der Waals surface area contributed by atoms with Gasteiger partial charge in [0.25, 0.3) is 11.8 Å². The molecule has 0 saturated carbocycles. The number of unbranched alkanes of at least 4 members (excludes halogenated alkanes) is 1. The van der Waals surface area contributed by atoms with Gasteiger partial charge in [-0.1, -0.05) is 56.3 Å². The van der Waals surface area contributed by atoms with Crippen molar-refractivity contribution >= 4 is 57.9 Å². The van der Waals surface area contributed by atoms with Crippen LogP contribution in [0.25, 0.3) is 0 Å². The van der Waals surface area contributed by atoms with E-state index in [1.165, 1.54) is 12.7 Å². The summed E-state index contributed by atoms with van der Waals surface area (Å²) in [5.74, 6) is -0.185. The second-order valence-electron chi connectivity index (χ2n) is 19.9. The summed E-state index contributed by atoms with van der Waals surface area (Å²) in [7, 11) is 3.46. The first-order valence-corrected chi connectivity index (χ1v) is 25.5. The second kappa shape index (κ2) is 25.0. The Balaban J connectivity index is 0.00000410. The summed E-state index contributed by atoms with van der Waals surface area (Å²) in [6, 6.07) is 28.3. The Morgan fingerprint density at radius 2 is 1.39 bits per heavy atom. The van der Waals surface area contributed by atoms with E-state index < -0.39 is 12.0 Å². The van der Waals surface area contributed by atoms with Crippen molar-refractivity contribution in [2.45, 2.75) is 123 Å². The van der Waals surface area contributed by atoms with Crippen LogP contribution in [0.4, 0.5) is 22.7 Å². The van der Waals surface area contributed by atoms with Crippen molar-refractivity contribution in [3.63, 3.8) is 0 Å². The Hall–Kier alpha value is -5.69.